The third-order valence-electron chi connectivity index (χ3n) is 6.13. The predicted octanol–water partition coefficient (Wildman–Crippen LogP) is 3.30. The Hall–Kier alpha value is -3.70. The summed E-state index contributed by atoms with van der Waals surface area (Å²) in [5, 5.41) is 14.9. The molecule has 1 aliphatic rings. The molecule has 0 radical (unpaired) electrons. The molecule has 200 valence electrons. The molecule has 1 saturated heterocycles. The quantitative estimate of drug-likeness (QED) is 0.403. The Morgan fingerprint density at radius 2 is 1.79 bits per heavy atom. The minimum Gasteiger partial charge on any atom is -0.378 e. The van der Waals surface area contributed by atoms with E-state index in [1.165, 1.54) is 11.8 Å². The van der Waals surface area contributed by atoms with E-state index in [0.29, 0.717) is 60.6 Å². The van der Waals surface area contributed by atoms with Gasteiger partial charge in [0, 0.05) is 36.4 Å². The summed E-state index contributed by atoms with van der Waals surface area (Å²) in [5.74, 6) is 0.241. The Balaban J connectivity index is 1.34. The Kier molecular flexibility index (Phi) is 9.14. The molecule has 0 spiro atoms. The maximum atomic E-state index is 12.7. The van der Waals surface area contributed by atoms with Gasteiger partial charge >= 0.3 is 0 Å². The summed E-state index contributed by atoms with van der Waals surface area (Å²) in [6, 6.07) is 13.9. The lowest BCUT2D eigenvalue weighted by molar-refractivity contribution is -0.113. The fraction of sp³-hybridized carbons (Fsp3) is 0.370. The van der Waals surface area contributed by atoms with Crippen molar-refractivity contribution in [3.8, 4) is 0 Å². The molecular weight excluding hydrogens is 504 g/mol. The molecule has 0 bridgehead atoms. The van der Waals surface area contributed by atoms with E-state index in [0.717, 1.165) is 5.56 Å². The van der Waals surface area contributed by atoms with Crippen LogP contribution < -0.4 is 10.6 Å². The molecule has 3 aromatic rings. The molecule has 2 aromatic carbocycles. The predicted molar refractivity (Wildman–Crippen MR) is 145 cm³/mol. The number of hydrogen-bond acceptors (Lipinski definition) is 7. The fourth-order valence-electron chi connectivity index (χ4n) is 4.08. The van der Waals surface area contributed by atoms with Crippen molar-refractivity contribution in [1.82, 2.24) is 25.0 Å². The zero-order valence-electron chi connectivity index (χ0n) is 21.8. The summed E-state index contributed by atoms with van der Waals surface area (Å²) >= 11 is 1.26. The van der Waals surface area contributed by atoms with Crippen LogP contribution in [-0.2, 0) is 16.1 Å². The largest absolute Gasteiger partial charge is 0.378 e. The lowest BCUT2D eigenvalue weighted by atomic mass is 10.1. The van der Waals surface area contributed by atoms with Crippen molar-refractivity contribution in [1.29, 1.82) is 0 Å². The number of ether oxygens (including phenoxy) is 1. The van der Waals surface area contributed by atoms with Crippen molar-refractivity contribution >= 4 is 35.2 Å². The van der Waals surface area contributed by atoms with Gasteiger partial charge in [0.25, 0.3) is 11.8 Å². The van der Waals surface area contributed by atoms with Crippen LogP contribution in [0.3, 0.4) is 0 Å². The van der Waals surface area contributed by atoms with Gasteiger partial charge in [-0.2, -0.15) is 0 Å². The average Bonchev–Trinajstić information content (AvgIpc) is 3.35. The van der Waals surface area contributed by atoms with Crippen molar-refractivity contribution in [3.05, 3.63) is 71.0 Å². The number of amides is 3. The molecule has 1 aliphatic heterocycles. The number of anilines is 1. The number of nitrogens with one attached hydrogen (secondary N) is 2. The van der Waals surface area contributed by atoms with Crippen molar-refractivity contribution in [3.63, 3.8) is 0 Å². The number of aromatic nitrogens is 3. The summed E-state index contributed by atoms with van der Waals surface area (Å²) in [6.45, 7) is 8.54. The third kappa shape index (κ3) is 6.78. The molecule has 3 amide bonds. The van der Waals surface area contributed by atoms with Gasteiger partial charge in [-0.15, -0.1) is 10.2 Å². The second-order valence-electron chi connectivity index (χ2n) is 8.97. The smallest absolute Gasteiger partial charge is 0.254 e. The number of carbonyl (C=O) groups excluding carboxylic acids is 3. The lowest BCUT2D eigenvalue weighted by Gasteiger charge is -2.27. The first-order valence-electron chi connectivity index (χ1n) is 12.6. The maximum absolute atomic E-state index is 12.7. The summed E-state index contributed by atoms with van der Waals surface area (Å²) < 4.78 is 7.20. The van der Waals surface area contributed by atoms with Gasteiger partial charge in [-0.05, 0) is 51.1 Å². The Labute approximate surface area is 226 Å². The van der Waals surface area contributed by atoms with Crippen LogP contribution in [0.25, 0.3) is 0 Å². The second-order valence-corrected chi connectivity index (χ2v) is 9.91. The number of carbonyl (C=O) groups is 3. The summed E-state index contributed by atoms with van der Waals surface area (Å²) in [5.41, 5.74) is 2.74. The summed E-state index contributed by atoms with van der Waals surface area (Å²) in [4.78, 5) is 39.8. The van der Waals surface area contributed by atoms with Gasteiger partial charge in [0.05, 0.1) is 25.0 Å². The van der Waals surface area contributed by atoms with Gasteiger partial charge in [0.15, 0.2) is 11.0 Å². The molecule has 2 heterocycles. The van der Waals surface area contributed by atoms with Crippen LogP contribution in [0.4, 0.5) is 5.69 Å². The molecule has 10 nitrogen and oxygen atoms in total. The number of benzene rings is 2. The Morgan fingerprint density at radius 1 is 1.05 bits per heavy atom. The highest BCUT2D eigenvalue weighted by atomic mass is 32.2. The maximum Gasteiger partial charge on any atom is 0.254 e. The van der Waals surface area contributed by atoms with Gasteiger partial charge < -0.3 is 24.8 Å². The molecule has 1 atom stereocenters. The van der Waals surface area contributed by atoms with Gasteiger partial charge in [-0.25, -0.2) is 0 Å². The topological polar surface area (TPSA) is 118 Å². The average molecular weight is 537 g/mol. The van der Waals surface area contributed by atoms with Crippen LogP contribution in [0.2, 0.25) is 0 Å². The van der Waals surface area contributed by atoms with Crippen LogP contribution >= 0.6 is 11.8 Å². The molecule has 0 saturated carbocycles. The first kappa shape index (κ1) is 27.3. The van der Waals surface area contributed by atoms with E-state index < -0.39 is 0 Å². The molecule has 11 heteroatoms. The highest BCUT2D eigenvalue weighted by molar-refractivity contribution is 7.99. The number of nitrogens with zero attached hydrogens (tertiary/aromatic N) is 4. The monoisotopic (exact) mass is 536 g/mol. The standard InChI is InChI=1S/C27H32N6O4S/c1-4-33-24(19(3)28-25(35)20-10-8-18(2)9-11-20)30-31-27(33)38-17-23(34)29-22-7-5-6-21(16-22)26(36)32-12-14-37-15-13-32/h5-11,16,19H,4,12-15,17H2,1-3H3,(H,28,35)(H,29,34)/t19-/m0/s1. The van der Waals surface area contributed by atoms with Crippen LogP contribution in [0.1, 0.15) is 52.0 Å². The van der Waals surface area contributed by atoms with Crippen LogP contribution in [0.15, 0.2) is 53.7 Å². The van der Waals surface area contributed by atoms with E-state index in [9.17, 15) is 14.4 Å². The highest BCUT2D eigenvalue weighted by Crippen LogP contribution is 2.22. The molecule has 4 rings (SSSR count). The molecule has 38 heavy (non-hydrogen) atoms. The van der Waals surface area contributed by atoms with Crippen LogP contribution in [-0.4, -0.2) is 69.4 Å². The fourth-order valence-corrected chi connectivity index (χ4v) is 4.89. The Morgan fingerprint density at radius 3 is 2.50 bits per heavy atom. The van der Waals surface area contributed by atoms with Crippen LogP contribution in [0, 0.1) is 6.92 Å². The van der Waals surface area contributed by atoms with Crippen molar-refractivity contribution in [2.45, 2.75) is 38.5 Å². The van der Waals surface area contributed by atoms with Gasteiger partial charge in [-0.1, -0.05) is 35.5 Å². The van der Waals surface area contributed by atoms with Crippen molar-refractivity contribution in [2.24, 2.45) is 0 Å². The van der Waals surface area contributed by atoms with E-state index in [4.69, 9.17) is 4.74 Å². The summed E-state index contributed by atoms with van der Waals surface area (Å²) in [6.07, 6.45) is 0. The molecular formula is C27H32N6O4S. The highest BCUT2D eigenvalue weighted by Gasteiger charge is 2.21. The number of hydrogen-bond donors (Lipinski definition) is 2. The van der Waals surface area contributed by atoms with E-state index >= 15 is 0 Å². The van der Waals surface area contributed by atoms with Crippen molar-refractivity contribution in [2.75, 3.05) is 37.4 Å². The molecule has 0 unspecified atom stereocenters. The summed E-state index contributed by atoms with van der Waals surface area (Å²) in [7, 11) is 0. The van der Waals surface area contributed by atoms with Crippen molar-refractivity contribution < 1.29 is 19.1 Å². The molecule has 1 fully saturated rings. The number of thioether (sulfide) groups is 1. The first-order chi connectivity index (χ1) is 18.4. The van der Waals surface area contributed by atoms with E-state index in [1.54, 1.807) is 41.3 Å². The number of aryl methyl sites for hydroxylation is 1. The van der Waals surface area contributed by atoms with E-state index in [1.807, 2.05) is 37.5 Å². The Bertz CT molecular complexity index is 1290. The van der Waals surface area contributed by atoms with Crippen LogP contribution in [0.5, 0.6) is 0 Å². The lowest BCUT2D eigenvalue weighted by Crippen LogP contribution is -2.40. The van der Waals surface area contributed by atoms with E-state index in [-0.39, 0.29) is 29.5 Å². The first-order valence-corrected chi connectivity index (χ1v) is 13.5. The number of morpholine rings is 1. The van der Waals surface area contributed by atoms with Gasteiger partial charge in [0.1, 0.15) is 0 Å². The minimum atomic E-state index is -0.369. The third-order valence-corrected chi connectivity index (χ3v) is 7.10. The SMILES string of the molecule is CCn1c(SCC(=O)Nc2cccc(C(=O)N3CCOCC3)c2)nnc1[C@H](C)NC(=O)c1ccc(C)cc1. The van der Waals surface area contributed by atoms with Gasteiger partial charge in [0.2, 0.25) is 5.91 Å². The second kappa shape index (κ2) is 12.7. The normalized spacial score (nSPS) is 14.1. The minimum absolute atomic E-state index is 0.0778. The molecule has 0 aliphatic carbocycles. The molecule has 1 aromatic heterocycles. The van der Waals surface area contributed by atoms with E-state index in [2.05, 4.69) is 20.8 Å². The zero-order chi connectivity index (χ0) is 27.1. The zero-order valence-corrected chi connectivity index (χ0v) is 22.6. The molecule has 2 N–H and O–H groups in total. The number of rotatable bonds is 9. The van der Waals surface area contributed by atoms with Gasteiger partial charge in [-0.3, -0.25) is 14.4 Å².